The van der Waals surface area contributed by atoms with Crippen molar-refractivity contribution in [1.29, 1.82) is 0 Å². The van der Waals surface area contributed by atoms with Gasteiger partial charge >= 0.3 is 0 Å². The molecule has 0 fully saturated rings. The maximum absolute atomic E-state index is 12.5. The molecule has 0 saturated heterocycles. The molecule has 0 heterocycles. The van der Waals surface area contributed by atoms with Crippen molar-refractivity contribution in [2.24, 2.45) is 5.73 Å². The van der Waals surface area contributed by atoms with Crippen LogP contribution >= 0.6 is 0 Å². The zero-order valence-electron chi connectivity index (χ0n) is 14.6. The van der Waals surface area contributed by atoms with Crippen molar-refractivity contribution in [1.82, 2.24) is 0 Å². The Labute approximate surface area is 154 Å². The van der Waals surface area contributed by atoms with E-state index < -0.39 is 10.0 Å². The monoisotopic (exact) mass is 375 g/mol. The normalized spacial score (nSPS) is 11.1. The van der Waals surface area contributed by atoms with Gasteiger partial charge in [-0.2, -0.15) is 0 Å². The van der Waals surface area contributed by atoms with E-state index in [9.17, 15) is 13.2 Å². The first-order valence-corrected chi connectivity index (χ1v) is 10.2. The molecule has 0 atom stereocenters. The fourth-order valence-corrected chi connectivity index (χ4v) is 3.57. The maximum Gasteiger partial charge on any atom is 0.261 e. The molecule has 4 N–H and O–H groups in total. The van der Waals surface area contributed by atoms with Gasteiger partial charge in [0.2, 0.25) is 5.91 Å². The Morgan fingerprint density at radius 2 is 1.58 bits per heavy atom. The van der Waals surface area contributed by atoms with Gasteiger partial charge in [-0.3, -0.25) is 9.52 Å². The highest BCUT2D eigenvalue weighted by Crippen LogP contribution is 2.19. The number of nitrogens with two attached hydrogens (primary N) is 1. The number of unbranched alkanes of at least 4 members (excludes halogenated alkanes) is 3. The summed E-state index contributed by atoms with van der Waals surface area (Å²) in [5.41, 5.74) is 6.39. The van der Waals surface area contributed by atoms with Gasteiger partial charge in [0, 0.05) is 17.8 Å². The topological polar surface area (TPSA) is 101 Å². The minimum Gasteiger partial charge on any atom is -0.330 e. The predicted octanol–water partition coefficient (Wildman–Crippen LogP) is 3.34. The van der Waals surface area contributed by atoms with E-state index in [0.717, 1.165) is 25.7 Å². The fraction of sp³-hybridized carbons (Fsp3) is 0.316. The third-order valence-corrected chi connectivity index (χ3v) is 5.19. The second-order valence-corrected chi connectivity index (χ2v) is 7.68. The highest BCUT2D eigenvalue weighted by molar-refractivity contribution is 7.92. The number of anilines is 2. The van der Waals surface area contributed by atoms with Gasteiger partial charge in [-0.1, -0.05) is 37.1 Å². The van der Waals surface area contributed by atoms with Crippen molar-refractivity contribution < 1.29 is 13.2 Å². The zero-order chi connectivity index (χ0) is 18.8. The summed E-state index contributed by atoms with van der Waals surface area (Å²) in [5.74, 6) is -0.122. The summed E-state index contributed by atoms with van der Waals surface area (Å²) in [4.78, 5) is 12.1. The van der Waals surface area contributed by atoms with E-state index in [-0.39, 0.29) is 10.8 Å². The third kappa shape index (κ3) is 6.50. The minimum atomic E-state index is -3.71. The smallest absolute Gasteiger partial charge is 0.261 e. The van der Waals surface area contributed by atoms with Gasteiger partial charge in [-0.05, 0) is 49.7 Å². The lowest BCUT2D eigenvalue weighted by Crippen LogP contribution is -2.14. The third-order valence-electron chi connectivity index (χ3n) is 3.81. The van der Waals surface area contributed by atoms with Gasteiger partial charge in [-0.15, -0.1) is 0 Å². The number of sulfonamides is 1. The quantitative estimate of drug-likeness (QED) is 0.554. The average molecular weight is 375 g/mol. The molecule has 0 aliphatic carbocycles. The maximum atomic E-state index is 12.5. The van der Waals surface area contributed by atoms with Crippen molar-refractivity contribution in [3.63, 3.8) is 0 Å². The average Bonchev–Trinajstić information content (AvgIpc) is 2.62. The lowest BCUT2D eigenvalue weighted by atomic mass is 10.1. The van der Waals surface area contributed by atoms with Gasteiger partial charge in [-0.25, -0.2) is 8.42 Å². The Morgan fingerprint density at radius 3 is 2.31 bits per heavy atom. The first-order valence-electron chi connectivity index (χ1n) is 8.69. The summed E-state index contributed by atoms with van der Waals surface area (Å²) < 4.78 is 27.5. The zero-order valence-corrected chi connectivity index (χ0v) is 15.5. The number of nitrogens with one attached hydrogen (secondary N) is 2. The summed E-state index contributed by atoms with van der Waals surface area (Å²) in [6.07, 6.45) is 4.14. The van der Waals surface area contributed by atoms with E-state index >= 15 is 0 Å². The Bertz CT molecular complexity index is 808. The molecule has 7 heteroatoms. The number of amides is 1. The van der Waals surface area contributed by atoms with Crippen LogP contribution in [0, 0.1) is 0 Å². The number of hydrogen-bond donors (Lipinski definition) is 3. The first kappa shape index (κ1) is 19.9. The lowest BCUT2D eigenvalue weighted by molar-refractivity contribution is -0.116. The van der Waals surface area contributed by atoms with Gasteiger partial charge in [0.15, 0.2) is 0 Å². The molecular weight excluding hydrogens is 350 g/mol. The molecule has 2 aromatic carbocycles. The molecule has 0 radical (unpaired) electrons. The summed E-state index contributed by atoms with van der Waals surface area (Å²) in [7, 11) is -3.71. The van der Waals surface area contributed by atoms with Crippen LogP contribution in [0.3, 0.4) is 0 Å². The lowest BCUT2D eigenvalue weighted by Gasteiger charge is -2.10. The molecular formula is C19H25N3O3S. The standard InChI is InChI=1S/C19H25N3O3S/c20-14-7-2-1-6-13-19(23)21-17-11-8-12-18(15-17)26(24,25)22-16-9-4-3-5-10-16/h3-5,8-12,15,22H,1-2,6-7,13-14,20H2,(H,21,23). The van der Waals surface area contributed by atoms with Gasteiger partial charge < -0.3 is 11.1 Å². The fourth-order valence-electron chi connectivity index (χ4n) is 2.47. The summed E-state index contributed by atoms with van der Waals surface area (Å²) in [6, 6.07) is 14.9. The number of carbonyl (C=O) groups is 1. The van der Waals surface area contributed by atoms with Crippen LogP contribution in [-0.2, 0) is 14.8 Å². The van der Waals surface area contributed by atoms with Crippen molar-refractivity contribution in [2.75, 3.05) is 16.6 Å². The number of carbonyl (C=O) groups excluding carboxylic acids is 1. The molecule has 2 rings (SSSR count). The summed E-state index contributed by atoms with van der Waals surface area (Å²) in [5, 5.41) is 2.75. The van der Waals surface area contributed by atoms with Crippen LogP contribution in [0.5, 0.6) is 0 Å². The van der Waals surface area contributed by atoms with Gasteiger partial charge in [0.1, 0.15) is 0 Å². The number of hydrogen-bond acceptors (Lipinski definition) is 4. The molecule has 0 saturated carbocycles. The molecule has 0 bridgehead atoms. The predicted molar refractivity (Wildman–Crippen MR) is 104 cm³/mol. The minimum absolute atomic E-state index is 0.0992. The number of para-hydroxylation sites is 1. The largest absolute Gasteiger partial charge is 0.330 e. The molecule has 26 heavy (non-hydrogen) atoms. The molecule has 0 unspecified atom stereocenters. The van der Waals surface area contributed by atoms with E-state index in [1.807, 2.05) is 6.07 Å². The highest BCUT2D eigenvalue weighted by Gasteiger charge is 2.15. The van der Waals surface area contributed by atoms with E-state index in [0.29, 0.717) is 24.3 Å². The molecule has 6 nitrogen and oxygen atoms in total. The van der Waals surface area contributed by atoms with Crippen LogP contribution in [-0.4, -0.2) is 20.9 Å². The molecule has 0 spiro atoms. The number of rotatable bonds is 10. The highest BCUT2D eigenvalue weighted by atomic mass is 32.2. The van der Waals surface area contributed by atoms with Crippen molar-refractivity contribution in [2.45, 2.75) is 37.0 Å². The van der Waals surface area contributed by atoms with Crippen LogP contribution in [0.4, 0.5) is 11.4 Å². The number of benzene rings is 2. The molecule has 140 valence electrons. The Kier molecular flexibility index (Phi) is 7.62. The molecule has 0 aromatic heterocycles. The molecule has 0 aliphatic heterocycles. The second-order valence-electron chi connectivity index (χ2n) is 6.00. The van der Waals surface area contributed by atoms with E-state index in [4.69, 9.17) is 5.73 Å². The van der Waals surface area contributed by atoms with E-state index in [1.165, 1.54) is 12.1 Å². The summed E-state index contributed by atoms with van der Waals surface area (Å²) in [6.45, 7) is 0.671. The first-order chi connectivity index (χ1) is 12.5. The van der Waals surface area contributed by atoms with Crippen LogP contribution < -0.4 is 15.8 Å². The van der Waals surface area contributed by atoms with E-state index in [2.05, 4.69) is 10.0 Å². The SMILES string of the molecule is NCCCCCCC(=O)Nc1cccc(S(=O)(=O)Nc2ccccc2)c1. The van der Waals surface area contributed by atoms with Crippen LogP contribution in [0.25, 0.3) is 0 Å². The second kappa shape index (κ2) is 9.94. The van der Waals surface area contributed by atoms with Crippen molar-refractivity contribution in [3.8, 4) is 0 Å². The van der Waals surface area contributed by atoms with Crippen LogP contribution in [0.2, 0.25) is 0 Å². The molecule has 2 aromatic rings. The van der Waals surface area contributed by atoms with Crippen LogP contribution in [0.15, 0.2) is 59.5 Å². The van der Waals surface area contributed by atoms with Crippen LogP contribution in [0.1, 0.15) is 32.1 Å². The van der Waals surface area contributed by atoms with Gasteiger partial charge in [0.05, 0.1) is 4.90 Å². The Balaban J connectivity index is 1.95. The Hall–Kier alpha value is -2.38. The Morgan fingerprint density at radius 1 is 0.885 bits per heavy atom. The molecule has 0 aliphatic rings. The molecule has 1 amide bonds. The van der Waals surface area contributed by atoms with Crippen molar-refractivity contribution >= 4 is 27.3 Å². The van der Waals surface area contributed by atoms with Gasteiger partial charge in [0.25, 0.3) is 10.0 Å². The summed E-state index contributed by atoms with van der Waals surface area (Å²) >= 11 is 0. The van der Waals surface area contributed by atoms with E-state index in [1.54, 1.807) is 36.4 Å². The van der Waals surface area contributed by atoms with Crippen molar-refractivity contribution in [3.05, 3.63) is 54.6 Å².